The molecule has 0 bridgehead atoms. The number of amides is 1. The molecule has 0 radical (unpaired) electrons. The summed E-state index contributed by atoms with van der Waals surface area (Å²) in [6.45, 7) is 5.11. The molecule has 37 heavy (non-hydrogen) atoms. The predicted octanol–water partition coefficient (Wildman–Crippen LogP) is 6.22. The molecule has 8 heteroatoms. The highest BCUT2D eigenvalue weighted by atomic mass is 35.5. The average Bonchev–Trinajstić information content (AvgIpc) is 3.43. The smallest absolute Gasteiger partial charge is 0.273 e. The topological polar surface area (TPSA) is 87.7 Å². The maximum absolute atomic E-state index is 13.7. The van der Waals surface area contributed by atoms with Crippen LogP contribution in [0.25, 0.3) is 11.3 Å². The highest BCUT2D eigenvalue weighted by molar-refractivity contribution is 6.31. The Morgan fingerprint density at radius 2 is 1.86 bits per heavy atom. The number of methoxy groups -OCH3 is 1. The fourth-order valence-corrected chi connectivity index (χ4v) is 4.79. The number of nitrogens with one attached hydrogen (secondary N) is 1. The van der Waals surface area contributed by atoms with E-state index < -0.39 is 6.04 Å². The lowest BCUT2D eigenvalue weighted by molar-refractivity contribution is 0.0730. The summed E-state index contributed by atoms with van der Waals surface area (Å²) in [5.74, 6) is 1.43. The molecular formula is C29H28ClN3O4. The Morgan fingerprint density at radius 3 is 2.59 bits per heavy atom. The van der Waals surface area contributed by atoms with Gasteiger partial charge in [-0.25, -0.2) is 0 Å². The lowest BCUT2D eigenvalue weighted by atomic mass is 9.95. The Balaban J connectivity index is 1.64. The zero-order chi connectivity index (χ0) is 26.1. The first-order valence-electron chi connectivity index (χ1n) is 12.1. The van der Waals surface area contributed by atoms with Crippen LogP contribution in [0.1, 0.15) is 47.1 Å². The highest BCUT2D eigenvalue weighted by Crippen LogP contribution is 2.46. The molecule has 0 saturated heterocycles. The molecule has 1 aliphatic heterocycles. The molecule has 2 heterocycles. The van der Waals surface area contributed by atoms with Gasteiger partial charge in [-0.05, 0) is 47.4 Å². The summed E-state index contributed by atoms with van der Waals surface area (Å²) in [6, 6.07) is 19.8. The molecule has 1 aliphatic rings. The van der Waals surface area contributed by atoms with Crippen LogP contribution >= 0.6 is 11.6 Å². The van der Waals surface area contributed by atoms with Gasteiger partial charge in [-0.3, -0.25) is 9.89 Å². The number of phenols is 1. The number of aromatic hydroxyl groups is 1. The number of aromatic nitrogens is 2. The number of carbonyl (C=O) groups is 1. The number of benzene rings is 3. The number of hydrogen-bond acceptors (Lipinski definition) is 5. The largest absolute Gasteiger partial charge is 0.507 e. The van der Waals surface area contributed by atoms with Crippen molar-refractivity contribution in [2.24, 2.45) is 5.92 Å². The van der Waals surface area contributed by atoms with E-state index in [0.29, 0.717) is 58.1 Å². The fraction of sp³-hybridized carbons (Fsp3) is 0.241. The third-order valence-corrected chi connectivity index (χ3v) is 6.58. The number of nitrogens with zero attached hydrogens (tertiary/aromatic N) is 2. The van der Waals surface area contributed by atoms with Gasteiger partial charge in [-0.15, -0.1) is 0 Å². The van der Waals surface area contributed by atoms with Crippen LogP contribution in [0, 0.1) is 5.92 Å². The fourth-order valence-electron chi connectivity index (χ4n) is 4.62. The molecule has 7 nitrogen and oxygen atoms in total. The monoisotopic (exact) mass is 517 g/mol. The van der Waals surface area contributed by atoms with E-state index in [0.717, 1.165) is 11.1 Å². The van der Waals surface area contributed by atoms with E-state index in [-0.39, 0.29) is 11.7 Å². The number of rotatable bonds is 8. The zero-order valence-electron chi connectivity index (χ0n) is 20.9. The molecule has 190 valence electrons. The van der Waals surface area contributed by atoms with Crippen molar-refractivity contribution in [2.75, 3.05) is 13.7 Å². The van der Waals surface area contributed by atoms with Crippen LogP contribution in [0.3, 0.4) is 0 Å². The van der Waals surface area contributed by atoms with E-state index in [2.05, 4.69) is 24.0 Å². The van der Waals surface area contributed by atoms with Crippen LogP contribution in [-0.2, 0) is 6.54 Å². The van der Waals surface area contributed by atoms with Gasteiger partial charge in [0.25, 0.3) is 5.91 Å². The van der Waals surface area contributed by atoms with Crippen molar-refractivity contribution < 1.29 is 19.4 Å². The molecule has 4 aromatic rings. The number of halogens is 1. The minimum atomic E-state index is -0.483. The molecule has 0 saturated carbocycles. The Bertz CT molecular complexity index is 1430. The second-order valence-electron chi connectivity index (χ2n) is 9.46. The van der Waals surface area contributed by atoms with Crippen LogP contribution in [0.5, 0.6) is 17.2 Å². The van der Waals surface area contributed by atoms with Gasteiger partial charge < -0.3 is 19.5 Å². The Hall–Kier alpha value is -3.97. The van der Waals surface area contributed by atoms with Crippen molar-refractivity contribution in [3.05, 3.63) is 94.1 Å². The van der Waals surface area contributed by atoms with Crippen LogP contribution in [-0.4, -0.2) is 39.8 Å². The summed E-state index contributed by atoms with van der Waals surface area (Å²) in [5.41, 5.74) is 3.82. The van der Waals surface area contributed by atoms with Gasteiger partial charge in [0.15, 0.2) is 11.5 Å². The van der Waals surface area contributed by atoms with Crippen molar-refractivity contribution in [2.45, 2.75) is 26.4 Å². The van der Waals surface area contributed by atoms with Crippen molar-refractivity contribution >= 4 is 17.5 Å². The van der Waals surface area contributed by atoms with Gasteiger partial charge in [-0.2, -0.15) is 5.10 Å². The lowest BCUT2D eigenvalue weighted by Crippen LogP contribution is -2.29. The van der Waals surface area contributed by atoms with Crippen molar-refractivity contribution in [1.29, 1.82) is 0 Å². The molecule has 5 rings (SSSR count). The number of carbonyl (C=O) groups excluding carboxylic acids is 1. The standard InChI is InChI=1S/C29H28ClN3O4/c1-17(2)16-37-23-12-9-19(13-24(23)36-3)28-25-26(21-14-20(30)10-11-22(21)34)31-32-27(25)29(35)33(28)15-18-7-5-4-6-8-18/h4-14,17,28,34H,15-16H2,1-3H3,(H,31,32). The first-order valence-corrected chi connectivity index (χ1v) is 12.5. The lowest BCUT2D eigenvalue weighted by Gasteiger charge is -2.27. The summed E-state index contributed by atoms with van der Waals surface area (Å²) in [5, 5.41) is 18.5. The van der Waals surface area contributed by atoms with E-state index in [1.165, 1.54) is 6.07 Å². The van der Waals surface area contributed by atoms with Crippen LogP contribution in [0.2, 0.25) is 5.02 Å². The molecule has 1 aromatic heterocycles. The minimum Gasteiger partial charge on any atom is -0.507 e. The first kappa shape index (κ1) is 24.7. The minimum absolute atomic E-state index is 0.0291. The summed E-state index contributed by atoms with van der Waals surface area (Å²) in [7, 11) is 1.60. The number of aromatic amines is 1. The quantitative estimate of drug-likeness (QED) is 0.289. The summed E-state index contributed by atoms with van der Waals surface area (Å²) < 4.78 is 11.6. The maximum atomic E-state index is 13.7. The normalized spacial score (nSPS) is 14.8. The van der Waals surface area contributed by atoms with E-state index >= 15 is 0 Å². The highest BCUT2D eigenvalue weighted by Gasteiger charge is 2.42. The van der Waals surface area contributed by atoms with Crippen LogP contribution in [0.15, 0.2) is 66.7 Å². The SMILES string of the molecule is COc1cc(C2c3c(-c4cc(Cl)ccc4O)n[nH]c3C(=O)N2Cc2ccccc2)ccc1OCC(C)C. The molecule has 0 spiro atoms. The van der Waals surface area contributed by atoms with Crippen LogP contribution in [0.4, 0.5) is 0 Å². The van der Waals surface area contributed by atoms with Crippen molar-refractivity contribution in [3.8, 4) is 28.5 Å². The number of hydrogen-bond donors (Lipinski definition) is 2. The molecule has 2 N–H and O–H groups in total. The van der Waals surface area contributed by atoms with E-state index in [9.17, 15) is 9.90 Å². The van der Waals surface area contributed by atoms with E-state index in [1.807, 2.05) is 48.5 Å². The Labute approximate surface area is 220 Å². The van der Waals surface area contributed by atoms with Crippen molar-refractivity contribution in [3.63, 3.8) is 0 Å². The summed E-state index contributed by atoms with van der Waals surface area (Å²) in [6.07, 6.45) is 0. The maximum Gasteiger partial charge on any atom is 0.273 e. The first-order chi connectivity index (χ1) is 17.9. The van der Waals surface area contributed by atoms with Gasteiger partial charge in [0.05, 0.1) is 19.8 Å². The predicted molar refractivity (Wildman–Crippen MR) is 142 cm³/mol. The number of phenolic OH excluding ortho intramolecular Hbond substituents is 1. The van der Waals surface area contributed by atoms with Crippen LogP contribution < -0.4 is 9.47 Å². The Kier molecular flexibility index (Phi) is 6.80. The van der Waals surface area contributed by atoms with Gasteiger partial charge in [0.2, 0.25) is 0 Å². The molecule has 1 amide bonds. The van der Waals surface area contributed by atoms with Gasteiger partial charge >= 0.3 is 0 Å². The number of ether oxygens (including phenoxy) is 2. The van der Waals surface area contributed by atoms with Gasteiger partial charge in [-0.1, -0.05) is 61.8 Å². The molecule has 0 aliphatic carbocycles. The average molecular weight is 518 g/mol. The number of H-pyrrole nitrogens is 1. The van der Waals surface area contributed by atoms with Crippen molar-refractivity contribution in [1.82, 2.24) is 15.1 Å². The van der Waals surface area contributed by atoms with Gasteiger partial charge in [0.1, 0.15) is 17.1 Å². The molecular weight excluding hydrogens is 490 g/mol. The van der Waals surface area contributed by atoms with E-state index in [4.69, 9.17) is 21.1 Å². The third-order valence-electron chi connectivity index (χ3n) is 6.35. The summed E-state index contributed by atoms with van der Waals surface area (Å²) >= 11 is 6.25. The van der Waals surface area contributed by atoms with Gasteiger partial charge in [0, 0.05) is 22.7 Å². The summed E-state index contributed by atoms with van der Waals surface area (Å²) in [4.78, 5) is 15.5. The second kappa shape index (κ2) is 10.2. The number of fused-ring (bicyclic) bond motifs is 1. The third kappa shape index (κ3) is 4.74. The molecule has 1 unspecified atom stereocenters. The zero-order valence-corrected chi connectivity index (χ0v) is 21.6. The van der Waals surface area contributed by atoms with E-state index in [1.54, 1.807) is 24.1 Å². The Morgan fingerprint density at radius 1 is 1.08 bits per heavy atom. The molecule has 1 atom stereocenters. The molecule has 3 aromatic carbocycles. The second-order valence-corrected chi connectivity index (χ2v) is 9.90. The molecule has 0 fully saturated rings.